The van der Waals surface area contributed by atoms with Crippen LogP contribution in [0.5, 0.6) is 0 Å². The fourth-order valence-electron chi connectivity index (χ4n) is 3.57. The van der Waals surface area contributed by atoms with Gasteiger partial charge in [-0.2, -0.15) is 9.78 Å². The normalized spacial score (nSPS) is 26.3. The molecular weight excluding hydrogens is 276 g/mol. The zero-order valence-corrected chi connectivity index (χ0v) is 12.6. The monoisotopic (exact) mass is 296 g/mol. The Morgan fingerprint density at radius 3 is 2.77 bits per heavy atom. The molecule has 3 unspecified atom stereocenters. The third kappa shape index (κ3) is 2.41. The van der Waals surface area contributed by atoms with Gasteiger partial charge in [0.05, 0.1) is 6.20 Å². The second kappa shape index (κ2) is 5.25. The molecule has 1 saturated heterocycles. The molecule has 1 aromatic carbocycles. The second-order valence-corrected chi connectivity index (χ2v) is 6.45. The summed E-state index contributed by atoms with van der Waals surface area (Å²) in [7, 11) is 0. The minimum absolute atomic E-state index is 0.141. The van der Waals surface area contributed by atoms with Gasteiger partial charge in [0.15, 0.2) is 0 Å². The average Bonchev–Trinajstić information content (AvgIpc) is 3.24. The second-order valence-electron chi connectivity index (χ2n) is 6.45. The molecule has 1 amide bonds. The zero-order chi connectivity index (χ0) is 15.1. The molecule has 2 aromatic rings. The maximum absolute atomic E-state index is 12.3. The largest absolute Gasteiger partial charge is 0.342 e. The van der Waals surface area contributed by atoms with Crippen LogP contribution in [0.15, 0.2) is 36.7 Å². The summed E-state index contributed by atoms with van der Waals surface area (Å²) in [5, 5.41) is 10.8. The van der Waals surface area contributed by atoms with E-state index in [1.165, 1.54) is 16.7 Å². The van der Waals surface area contributed by atoms with Gasteiger partial charge in [-0.25, -0.2) is 4.79 Å². The first-order chi connectivity index (χ1) is 10.7. The van der Waals surface area contributed by atoms with Gasteiger partial charge in [0, 0.05) is 23.8 Å². The van der Waals surface area contributed by atoms with Gasteiger partial charge >= 0.3 is 6.03 Å². The Morgan fingerprint density at radius 1 is 1.27 bits per heavy atom. The molecule has 3 atom stereocenters. The van der Waals surface area contributed by atoms with Crippen LogP contribution >= 0.6 is 0 Å². The maximum Gasteiger partial charge on any atom is 0.342 e. The van der Waals surface area contributed by atoms with Crippen molar-refractivity contribution in [1.29, 1.82) is 0 Å². The molecule has 2 N–H and O–H groups in total. The van der Waals surface area contributed by atoms with Gasteiger partial charge in [-0.1, -0.05) is 29.8 Å². The molecule has 1 saturated carbocycles. The number of rotatable bonds is 2. The Morgan fingerprint density at radius 2 is 2.09 bits per heavy atom. The van der Waals surface area contributed by atoms with E-state index in [0.717, 1.165) is 30.0 Å². The molecule has 2 heterocycles. The molecule has 1 aliphatic heterocycles. The number of amides is 1. The van der Waals surface area contributed by atoms with Crippen LogP contribution < -0.4 is 10.6 Å². The van der Waals surface area contributed by atoms with E-state index in [1.54, 1.807) is 12.4 Å². The standard InChI is InChI=1S/C17H20N4O/c1-11-2-4-13(5-3-11)14-9-19-21(10-14)17(22)20-16-7-12-6-15(16)18-8-12/h2-5,9-10,12,15-16,18H,6-8H2,1H3,(H,20,22). The van der Waals surface area contributed by atoms with Crippen LogP contribution in [0.4, 0.5) is 4.79 Å². The van der Waals surface area contributed by atoms with Crippen LogP contribution in [-0.4, -0.2) is 34.4 Å². The zero-order valence-electron chi connectivity index (χ0n) is 12.6. The van der Waals surface area contributed by atoms with Crippen LogP contribution in [0, 0.1) is 12.8 Å². The first-order valence-electron chi connectivity index (χ1n) is 7.85. The van der Waals surface area contributed by atoms with Gasteiger partial charge in [-0.3, -0.25) is 0 Å². The SMILES string of the molecule is Cc1ccc(-c2cnn(C(=O)NC3CC4CNC3C4)c2)cc1. The van der Waals surface area contributed by atoms with E-state index in [9.17, 15) is 4.79 Å². The molecule has 5 nitrogen and oxygen atoms in total. The number of nitrogens with one attached hydrogen (secondary N) is 2. The molecule has 0 spiro atoms. The van der Waals surface area contributed by atoms with Crippen LogP contribution in [-0.2, 0) is 0 Å². The lowest BCUT2D eigenvalue weighted by atomic mass is 10.1. The van der Waals surface area contributed by atoms with Crippen molar-refractivity contribution in [1.82, 2.24) is 20.4 Å². The van der Waals surface area contributed by atoms with Crippen LogP contribution in [0.3, 0.4) is 0 Å². The Labute approximate surface area is 129 Å². The molecule has 2 fully saturated rings. The van der Waals surface area contributed by atoms with Crippen molar-refractivity contribution in [2.24, 2.45) is 5.92 Å². The smallest absolute Gasteiger partial charge is 0.332 e. The number of fused-ring (bicyclic) bond motifs is 2. The number of benzene rings is 1. The van der Waals surface area contributed by atoms with Crippen LogP contribution in [0.1, 0.15) is 18.4 Å². The topological polar surface area (TPSA) is 59.0 Å². The third-order valence-electron chi connectivity index (χ3n) is 4.81. The molecular formula is C17H20N4O. The fraction of sp³-hybridized carbons (Fsp3) is 0.412. The van der Waals surface area contributed by atoms with E-state index in [4.69, 9.17) is 0 Å². The van der Waals surface area contributed by atoms with E-state index in [0.29, 0.717) is 6.04 Å². The molecule has 1 aliphatic carbocycles. The highest BCUT2D eigenvalue weighted by molar-refractivity contribution is 5.78. The lowest BCUT2D eigenvalue weighted by Crippen LogP contribution is -2.49. The average molecular weight is 296 g/mol. The lowest BCUT2D eigenvalue weighted by molar-refractivity contribution is 0.231. The van der Waals surface area contributed by atoms with Crippen LogP contribution in [0.2, 0.25) is 0 Å². The van der Waals surface area contributed by atoms with Crippen molar-refractivity contribution in [3.05, 3.63) is 42.2 Å². The third-order valence-corrected chi connectivity index (χ3v) is 4.81. The molecule has 114 valence electrons. The minimum atomic E-state index is -0.141. The van der Waals surface area contributed by atoms with Gasteiger partial charge in [0.1, 0.15) is 0 Å². The summed E-state index contributed by atoms with van der Waals surface area (Å²) >= 11 is 0. The summed E-state index contributed by atoms with van der Waals surface area (Å²) in [6.45, 7) is 3.15. The fourth-order valence-corrected chi connectivity index (χ4v) is 3.57. The molecule has 2 bridgehead atoms. The number of hydrogen-bond donors (Lipinski definition) is 2. The number of hydrogen-bond acceptors (Lipinski definition) is 3. The van der Waals surface area contributed by atoms with Gasteiger partial charge in [-0.15, -0.1) is 0 Å². The molecule has 0 radical (unpaired) electrons. The van der Waals surface area contributed by atoms with Gasteiger partial charge < -0.3 is 10.6 Å². The van der Waals surface area contributed by atoms with Crippen LogP contribution in [0.25, 0.3) is 11.1 Å². The van der Waals surface area contributed by atoms with Crippen molar-refractivity contribution < 1.29 is 4.79 Å². The van der Waals surface area contributed by atoms with Crippen molar-refractivity contribution in [2.75, 3.05) is 6.54 Å². The predicted molar refractivity (Wildman–Crippen MR) is 84.6 cm³/mol. The van der Waals surface area contributed by atoms with E-state index in [1.807, 2.05) is 0 Å². The molecule has 22 heavy (non-hydrogen) atoms. The van der Waals surface area contributed by atoms with Crippen molar-refractivity contribution >= 4 is 6.03 Å². The number of carbonyl (C=O) groups is 1. The first kappa shape index (κ1) is 13.5. The highest BCUT2D eigenvalue weighted by atomic mass is 16.2. The van der Waals surface area contributed by atoms with Crippen molar-refractivity contribution in [2.45, 2.75) is 31.8 Å². The summed E-state index contributed by atoms with van der Waals surface area (Å²) in [5.74, 6) is 0.719. The summed E-state index contributed by atoms with van der Waals surface area (Å²) in [5.41, 5.74) is 3.25. The Kier molecular flexibility index (Phi) is 3.22. The van der Waals surface area contributed by atoms with Gasteiger partial charge in [0.25, 0.3) is 0 Å². The Bertz CT molecular complexity index is 691. The van der Waals surface area contributed by atoms with Crippen molar-refractivity contribution in [3.63, 3.8) is 0 Å². The number of aryl methyl sites for hydroxylation is 1. The van der Waals surface area contributed by atoms with E-state index in [-0.39, 0.29) is 12.1 Å². The Balaban J connectivity index is 1.46. The highest BCUT2D eigenvalue weighted by Crippen LogP contribution is 2.31. The quantitative estimate of drug-likeness (QED) is 0.893. The minimum Gasteiger partial charge on any atom is -0.332 e. The molecule has 4 rings (SSSR count). The van der Waals surface area contributed by atoms with Gasteiger partial charge in [0.2, 0.25) is 0 Å². The Hall–Kier alpha value is -2.14. The molecule has 5 heteroatoms. The van der Waals surface area contributed by atoms with E-state index < -0.39 is 0 Å². The van der Waals surface area contributed by atoms with Crippen molar-refractivity contribution in [3.8, 4) is 11.1 Å². The summed E-state index contributed by atoms with van der Waals surface area (Å²) in [6.07, 6.45) is 5.79. The lowest BCUT2D eigenvalue weighted by Gasteiger charge is -2.23. The van der Waals surface area contributed by atoms with E-state index in [2.05, 4.69) is 46.9 Å². The summed E-state index contributed by atoms with van der Waals surface area (Å²) < 4.78 is 1.40. The summed E-state index contributed by atoms with van der Waals surface area (Å²) in [6, 6.07) is 8.75. The number of nitrogens with zero attached hydrogens (tertiary/aromatic N) is 2. The number of aromatic nitrogens is 2. The van der Waals surface area contributed by atoms with Gasteiger partial charge in [-0.05, 0) is 37.8 Å². The summed E-state index contributed by atoms with van der Waals surface area (Å²) in [4.78, 5) is 12.3. The molecule has 1 aromatic heterocycles. The van der Waals surface area contributed by atoms with E-state index >= 15 is 0 Å². The maximum atomic E-state index is 12.3. The number of piperidine rings is 1. The number of carbonyl (C=O) groups excluding carboxylic acids is 1. The predicted octanol–water partition coefficient (Wildman–Crippen LogP) is 2.17. The first-order valence-corrected chi connectivity index (χ1v) is 7.85. The highest BCUT2D eigenvalue weighted by Gasteiger charge is 2.40. The molecule has 2 aliphatic rings.